The Morgan fingerprint density at radius 2 is 2.00 bits per heavy atom. The molecule has 0 amide bonds. The Morgan fingerprint density at radius 3 is 2.62 bits per heavy atom. The number of carbonyl (C=O) groups excluding carboxylic acids is 1. The molecule has 1 aromatic carbocycles. The van der Waals surface area contributed by atoms with Crippen molar-refractivity contribution in [1.29, 1.82) is 0 Å². The van der Waals surface area contributed by atoms with Gasteiger partial charge in [0.1, 0.15) is 5.78 Å². The fourth-order valence-electron chi connectivity index (χ4n) is 2.64. The summed E-state index contributed by atoms with van der Waals surface area (Å²) in [4.78, 5) is 11.9. The molecule has 0 radical (unpaired) electrons. The van der Waals surface area contributed by atoms with Gasteiger partial charge in [-0.05, 0) is 24.3 Å². The molecule has 2 atom stereocenters. The van der Waals surface area contributed by atoms with Crippen LogP contribution in [-0.2, 0) is 4.79 Å². The smallest absolute Gasteiger partial charge is 0.136 e. The summed E-state index contributed by atoms with van der Waals surface area (Å²) >= 11 is 0. The Balaban J connectivity index is 2.26. The van der Waals surface area contributed by atoms with E-state index in [0.29, 0.717) is 18.1 Å². The van der Waals surface area contributed by atoms with Gasteiger partial charge in [-0.1, -0.05) is 49.4 Å². The highest BCUT2D eigenvalue weighted by molar-refractivity contribution is 5.82. The van der Waals surface area contributed by atoms with E-state index in [2.05, 4.69) is 18.7 Å². The zero-order chi connectivity index (χ0) is 11.5. The normalized spacial score (nSPS) is 24.7. The van der Waals surface area contributed by atoms with E-state index in [0.717, 1.165) is 12.8 Å². The summed E-state index contributed by atoms with van der Waals surface area (Å²) in [5.41, 5.74) is 2.51. The van der Waals surface area contributed by atoms with Crippen LogP contribution < -0.4 is 0 Å². The Hall–Kier alpha value is -1.37. The summed E-state index contributed by atoms with van der Waals surface area (Å²) in [7, 11) is 0. The zero-order valence-corrected chi connectivity index (χ0v) is 9.78. The van der Waals surface area contributed by atoms with Crippen molar-refractivity contribution in [2.75, 3.05) is 0 Å². The zero-order valence-electron chi connectivity index (χ0n) is 9.78. The lowest BCUT2D eigenvalue weighted by Crippen LogP contribution is -2.16. The number of hydrogen-bond donors (Lipinski definition) is 0. The molecule has 1 fully saturated rings. The van der Waals surface area contributed by atoms with Gasteiger partial charge in [0.25, 0.3) is 0 Å². The minimum absolute atomic E-state index is 0.167. The van der Waals surface area contributed by atoms with Crippen LogP contribution in [-0.4, -0.2) is 5.78 Å². The van der Waals surface area contributed by atoms with Gasteiger partial charge >= 0.3 is 0 Å². The first kappa shape index (κ1) is 11.1. The SMILES string of the molecule is C=C1C[C@H](C(=O)CC)[C@@H](c2ccccc2)C1. The van der Waals surface area contributed by atoms with Crippen LogP contribution in [0.4, 0.5) is 0 Å². The number of benzene rings is 1. The quantitative estimate of drug-likeness (QED) is 0.701. The van der Waals surface area contributed by atoms with Crippen LogP contribution in [0.15, 0.2) is 42.5 Å². The van der Waals surface area contributed by atoms with Gasteiger partial charge in [-0.15, -0.1) is 0 Å². The molecule has 2 rings (SSSR count). The topological polar surface area (TPSA) is 17.1 Å². The lowest BCUT2D eigenvalue weighted by molar-refractivity contribution is -0.122. The molecule has 1 aliphatic rings. The molecule has 1 aliphatic carbocycles. The molecule has 0 spiro atoms. The highest BCUT2D eigenvalue weighted by Crippen LogP contribution is 2.42. The summed E-state index contributed by atoms with van der Waals surface area (Å²) in [5.74, 6) is 0.911. The van der Waals surface area contributed by atoms with E-state index < -0.39 is 0 Å². The number of allylic oxidation sites excluding steroid dienone is 1. The first-order chi connectivity index (χ1) is 7.72. The van der Waals surface area contributed by atoms with E-state index in [9.17, 15) is 4.79 Å². The van der Waals surface area contributed by atoms with Crippen LogP contribution in [0.25, 0.3) is 0 Å². The molecule has 0 bridgehead atoms. The Morgan fingerprint density at radius 1 is 1.31 bits per heavy atom. The summed E-state index contributed by atoms with van der Waals surface area (Å²) in [6, 6.07) is 10.4. The third-order valence-electron chi connectivity index (χ3n) is 3.49. The molecule has 0 unspecified atom stereocenters. The predicted molar refractivity (Wildman–Crippen MR) is 66.3 cm³/mol. The average molecular weight is 214 g/mol. The Labute approximate surface area is 97.2 Å². The fraction of sp³-hybridized carbons (Fsp3) is 0.400. The number of hydrogen-bond acceptors (Lipinski definition) is 1. The fourth-order valence-corrected chi connectivity index (χ4v) is 2.64. The van der Waals surface area contributed by atoms with Gasteiger partial charge < -0.3 is 0 Å². The van der Waals surface area contributed by atoms with Gasteiger partial charge in [-0.25, -0.2) is 0 Å². The second kappa shape index (κ2) is 4.65. The van der Waals surface area contributed by atoms with E-state index in [4.69, 9.17) is 0 Å². The number of ketones is 1. The maximum Gasteiger partial charge on any atom is 0.136 e. The maximum atomic E-state index is 11.9. The molecule has 1 nitrogen and oxygen atoms in total. The monoisotopic (exact) mass is 214 g/mol. The Kier molecular flexibility index (Phi) is 3.23. The molecule has 0 saturated heterocycles. The third kappa shape index (κ3) is 2.08. The molecule has 16 heavy (non-hydrogen) atoms. The van der Waals surface area contributed by atoms with Crippen LogP contribution in [0.2, 0.25) is 0 Å². The Bertz CT molecular complexity index is 391. The van der Waals surface area contributed by atoms with Crippen molar-refractivity contribution in [3.8, 4) is 0 Å². The van der Waals surface area contributed by atoms with Crippen molar-refractivity contribution < 1.29 is 4.79 Å². The second-order valence-electron chi connectivity index (χ2n) is 4.60. The lowest BCUT2D eigenvalue weighted by Gasteiger charge is -2.17. The van der Waals surface area contributed by atoms with Crippen LogP contribution in [0.3, 0.4) is 0 Å². The van der Waals surface area contributed by atoms with Crippen molar-refractivity contribution in [3.63, 3.8) is 0 Å². The molecule has 0 aliphatic heterocycles. The van der Waals surface area contributed by atoms with E-state index >= 15 is 0 Å². The molecular formula is C15H18O. The van der Waals surface area contributed by atoms with Crippen molar-refractivity contribution in [3.05, 3.63) is 48.0 Å². The van der Waals surface area contributed by atoms with Crippen LogP contribution >= 0.6 is 0 Å². The van der Waals surface area contributed by atoms with Gasteiger partial charge in [-0.2, -0.15) is 0 Å². The summed E-state index contributed by atoms with van der Waals surface area (Å²) in [6.45, 7) is 5.99. The minimum Gasteiger partial charge on any atom is -0.299 e. The number of carbonyl (C=O) groups is 1. The first-order valence-corrected chi connectivity index (χ1v) is 5.96. The molecule has 1 aromatic rings. The van der Waals surface area contributed by atoms with E-state index in [1.165, 1.54) is 11.1 Å². The molecule has 0 aromatic heterocycles. The molecule has 1 heteroatoms. The first-order valence-electron chi connectivity index (χ1n) is 5.96. The van der Waals surface area contributed by atoms with Crippen molar-refractivity contribution in [2.24, 2.45) is 5.92 Å². The van der Waals surface area contributed by atoms with Gasteiger partial charge in [0, 0.05) is 12.3 Å². The molecule has 84 valence electrons. The number of rotatable bonds is 3. The second-order valence-corrected chi connectivity index (χ2v) is 4.60. The molecular weight excluding hydrogens is 196 g/mol. The minimum atomic E-state index is 0.167. The van der Waals surface area contributed by atoms with Crippen molar-refractivity contribution in [2.45, 2.75) is 32.1 Å². The number of Topliss-reactive ketones (excluding diaryl/α,β-unsaturated/α-hetero) is 1. The van der Waals surface area contributed by atoms with Gasteiger partial charge in [0.2, 0.25) is 0 Å². The summed E-state index contributed by atoms with van der Waals surface area (Å²) < 4.78 is 0. The van der Waals surface area contributed by atoms with Crippen LogP contribution in [0.1, 0.15) is 37.7 Å². The largest absolute Gasteiger partial charge is 0.299 e. The maximum absolute atomic E-state index is 11.9. The summed E-state index contributed by atoms with van der Waals surface area (Å²) in [5, 5.41) is 0. The standard InChI is InChI=1S/C15H18O/c1-3-15(16)14-10-11(2)9-13(14)12-7-5-4-6-8-12/h4-8,13-14H,2-3,9-10H2,1H3/t13-,14+/m1/s1. The molecule has 0 heterocycles. The molecule has 1 saturated carbocycles. The lowest BCUT2D eigenvalue weighted by atomic mass is 9.85. The predicted octanol–water partition coefficient (Wildman–Crippen LogP) is 3.72. The van der Waals surface area contributed by atoms with Gasteiger partial charge in [-0.3, -0.25) is 4.79 Å². The highest BCUT2D eigenvalue weighted by Gasteiger charge is 2.34. The average Bonchev–Trinajstić information content (AvgIpc) is 2.71. The van der Waals surface area contributed by atoms with E-state index in [-0.39, 0.29) is 5.92 Å². The van der Waals surface area contributed by atoms with Crippen LogP contribution in [0.5, 0.6) is 0 Å². The van der Waals surface area contributed by atoms with Crippen molar-refractivity contribution >= 4 is 5.78 Å². The third-order valence-corrected chi connectivity index (χ3v) is 3.49. The molecule has 0 N–H and O–H groups in total. The van der Waals surface area contributed by atoms with Crippen LogP contribution in [0, 0.1) is 5.92 Å². The van der Waals surface area contributed by atoms with Gasteiger partial charge in [0.05, 0.1) is 0 Å². The van der Waals surface area contributed by atoms with Gasteiger partial charge in [0.15, 0.2) is 0 Å². The van der Waals surface area contributed by atoms with E-state index in [1.54, 1.807) is 0 Å². The summed E-state index contributed by atoms with van der Waals surface area (Å²) in [6.07, 6.45) is 2.49. The van der Waals surface area contributed by atoms with E-state index in [1.807, 2.05) is 25.1 Å². The highest BCUT2D eigenvalue weighted by atomic mass is 16.1. The van der Waals surface area contributed by atoms with Crippen molar-refractivity contribution in [1.82, 2.24) is 0 Å².